The first-order valence-electron chi connectivity index (χ1n) is 4.81. The fourth-order valence-electron chi connectivity index (χ4n) is 1.46. The molecular formula is C10H18N2O. The third-order valence-electron chi connectivity index (χ3n) is 2.07. The normalized spacial score (nSPS) is 17.8. The van der Waals surface area contributed by atoms with Crippen LogP contribution in [0.4, 0.5) is 4.79 Å². The Hall–Kier alpha value is -0.990. The molecule has 1 rings (SSSR count). The van der Waals surface area contributed by atoms with Crippen molar-refractivity contribution in [1.29, 1.82) is 0 Å². The van der Waals surface area contributed by atoms with Gasteiger partial charge in [0, 0.05) is 19.1 Å². The molecule has 0 spiro atoms. The van der Waals surface area contributed by atoms with Gasteiger partial charge in [-0.2, -0.15) is 0 Å². The van der Waals surface area contributed by atoms with Gasteiger partial charge >= 0.3 is 6.03 Å². The topological polar surface area (TPSA) is 32.3 Å². The van der Waals surface area contributed by atoms with Gasteiger partial charge in [0.25, 0.3) is 0 Å². The molecule has 1 N–H and O–H groups in total. The predicted molar refractivity (Wildman–Crippen MR) is 53.6 cm³/mol. The molecule has 1 fully saturated rings. The average molecular weight is 182 g/mol. The Balaban J connectivity index is 2.41. The number of nitrogens with one attached hydrogen (secondary N) is 1. The molecule has 3 nitrogen and oxygen atoms in total. The van der Waals surface area contributed by atoms with Gasteiger partial charge in [0.2, 0.25) is 0 Å². The zero-order valence-corrected chi connectivity index (χ0v) is 8.47. The number of likely N-dealkylation sites (tertiary alicyclic amines) is 1. The summed E-state index contributed by atoms with van der Waals surface area (Å²) in [4.78, 5) is 13.4. The largest absolute Gasteiger partial charge is 0.336 e. The number of carbonyl (C=O) groups excluding carboxylic acids is 1. The maximum absolute atomic E-state index is 11.5. The summed E-state index contributed by atoms with van der Waals surface area (Å²) in [5.41, 5.74) is 1.16. The van der Waals surface area contributed by atoms with E-state index in [1.165, 1.54) is 0 Å². The Bertz CT molecular complexity index is 211. The van der Waals surface area contributed by atoms with Crippen LogP contribution in [0.25, 0.3) is 0 Å². The molecule has 0 unspecified atom stereocenters. The molecule has 1 saturated heterocycles. The molecular weight excluding hydrogens is 164 g/mol. The van der Waals surface area contributed by atoms with Crippen LogP contribution in [0.3, 0.4) is 0 Å². The van der Waals surface area contributed by atoms with Gasteiger partial charge in [0.05, 0.1) is 0 Å². The maximum atomic E-state index is 11.5. The molecule has 0 bridgehead atoms. The van der Waals surface area contributed by atoms with Crippen molar-refractivity contribution < 1.29 is 4.79 Å². The summed E-state index contributed by atoms with van der Waals surface area (Å²) in [7, 11) is 0. The summed E-state index contributed by atoms with van der Waals surface area (Å²) < 4.78 is 0. The van der Waals surface area contributed by atoms with E-state index in [1.807, 2.05) is 18.7 Å². The van der Waals surface area contributed by atoms with E-state index >= 15 is 0 Å². The molecule has 0 aliphatic carbocycles. The van der Waals surface area contributed by atoms with Gasteiger partial charge in [-0.3, -0.25) is 0 Å². The van der Waals surface area contributed by atoms with Crippen LogP contribution in [0.5, 0.6) is 0 Å². The number of rotatable bonds is 1. The maximum Gasteiger partial charge on any atom is 0.317 e. The molecule has 1 aliphatic rings. The number of amides is 2. The van der Waals surface area contributed by atoms with E-state index in [2.05, 4.69) is 11.9 Å². The van der Waals surface area contributed by atoms with E-state index in [9.17, 15) is 4.79 Å². The fraction of sp³-hybridized carbons (Fsp3) is 0.700. The molecule has 13 heavy (non-hydrogen) atoms. The minimum absolute atomic E-state index is 0.0378. The fourth-order valence-corrected chi connectivity index (χ4v) is 1.46. The van der Waals surface area contributed by atoms with Gasteiger partial charge in [0.1, 0.15) is 0 Å². The Kier molecular flexibility index (Phi) is 3.34. The molecule has 1 heterocycles. The lowest BCUT2D eigenvalue weighted by Gasteiger charge is -2.29. The van der Waals surface area contributed by atoms with Crippen molar-refractivity contribution in [2.45, 2.75) is 32.7 Å². The highest BCUT2D eigenvalue weighted by Gasteiger charge is 2.18. The van der Waals surface area contributed by atoms with Gasteiger partial charge in [-0.1, -0.05) is 12.2 Å². The summed E-state index contributed by atoms with van der Waals surface area (Å²) in [6, 6.07) is 0.249. The minimum Gasteiger partial charge on any atom is -0.336 e. The number of hydrogen-bond acceptors (Lipinski definition) is 1. The second-order valence-corrected chi connectivity index (χ2v) is 3.88. The van der Waals surface area contributed by atoms with Crippen molar-refractivity contribution in [3.63, 3.8) is 0 Å². The Labute approximate surface area is 79.8 Å². The van der Waals surface area contributed by atoms with Crippen LogP contribution in [0.2, 0.25) is 0 Å². The number of piperidine rings is 1. The summed E-state index contributed by atoms with van der Waals surface area (Å²) in [6.45, 7) is 9.42. The van der Waals surface area contributed by atoms with Gasteiger partial charge in [0.15, 0.2) is 0 Å². The van der Waals surface area contributed by atoms with E-state index in [0.29, 0.717) is 0 Å². The molecule has 0 aromatic carbocycles. The lowest BCUT2D eigenvalue weighted by atomic mass is 10.1. The predicted octanol–water partition coefficient (Wildman–Crippen LogP) is 1.76. The van der Waals surface area contributed by atoms with Crippen molar-refractivity contribution in [1.82, 2.24) is 10.2 Å². The van der Waals surface area contributed by atoms with Crippen LogP contribution in [0.15, 0.2) is 12.2 Å². The SMILES string of the molecule is C=C1CCCN(C(=O)NC(C)C)C1. The average Bonchev–Trinajstić information content (AvgIpc) is 2.03. The van der Waals surface area contributed by atoms with E-state index in [1.54, 1.807) is 0 Å². The first-order valence-corrected chi connectivity index (χ1v) is 4.81. The molecule has 0 radical (unpaired) electrons. The molecule has 0 atom stereocenters. The van der Waals surface area contributed by atoms with Crippen LogP contribution in [-0.2, 0) is 0 Å². The molecule has 3 heteroatoms. The van der Waals surface area contributed by atoms with E-state index in [-0.39, 0.29) is 12.1 Å². The summed E-state index contributed by atoms with van der Waals surface area (Å²) >= 11 is 0. The lowest BCUT2D eigenvalue weighted by molar-refractivity contribution is 0.193. The molecule has 74 valence electrons. The molecule has 1 aliphatic heterocycles. The molecule has 0 aromatic rings. The Morgan fingerprint density at radius 3 is 2.85 bits per heavy atom. The minimum atomic E-state index is 0.0378. The van der Waals surface area contributed by atoms with E-state index in [0.717, 1.165) is 31.5 Å². The van der Waals surface area contributed by atoms with Gasteiger partial charge in [-0.05, 0) is 26.7 Å². The van der Waals surface area contributed by atoms with Crippen LogP contribution >= 0.6 is 0 Å². The van der Waals surface area contributed by atoms with Crippen molar-refractivity contribution in [3.05, 3.63) is 12.2 Å². The van der Waals surface area contributed by atoms with Crippen molar-refractivity contribution in [2.24, 2.45) is 0 Å². The first-order chi connectivity index (χ1) is 6.09. The second kappa shape index (κ2) is 4.30. The zero-order valence-electron chi connectivity index (χ0n) is 8.47. The summed E-state index contributed by atoms with van der Waals surface area (Å²) in [5, 5.41) is 2.88. The van der Waals surface area contributed by atoms with Gasteiger partial charge in [-0.15, -0.1) is 0 Å². The molecule has 0 saturated carbocycles. The first kappa shape index (κ1) is 10.1. The van der Waals surface area contributed by atoms with Crippen LogP contribution in [0.1, 0.15) is 26.7 Å². The molecule has 2 amide bonds. The van der Waals surface area contributed by atoms with Crippen LogP contribution < -0.4 is 5.32 Å². The zero-order chi connectivity index (χ0) is 9.84. The summed E-state index contributed by atoms with van der Waals surface area (Å²) in [5.74, 6) is 0. The smallest absolute Gasteiger partial charge is 0.317 e. The van der Waals surface area contributed by atoms with Gasteiger partial charge in [-0.25, -0.2) is 4.79 Å². The van der Waals surface area contributed by atoms with Crippen LogP contribution in [-0.4, -0.2) is 30.1 Å². The Morgan fingerprint density at radius 2 is 2.31 bits per heavy atom. The highest BCUT2D eigenvalue weighted by atomic mass is 16.2. The van der Waals surface area contributed by atoms with E-state index < -0.39 is 0 Å². The van der Waals surface area contributed by atoms with Crippen molar-refractivity contribution in [2.75, 3.05) is 13.1 Å². The highest BCUT2D eigenvalue weighted by molar-refractivity contribution is 5.74. The monoisotopic (exact) mass is 182 g/mol. The second-order valence-electron chi connectivity index (χ2n) is 3.88. The quantitative estimate of drug-likeness (QED) is 0.616. The van der Waals surface area contributed by atoms with E-state index in [4.69, 9.17) is 0 Å². The van der Waals surface area contributed by atoms with Gasteiger partial charge < -0.3 is 10.2 Å². The number of carbonyl (C=O) groups is 1. The third-order valence-corrected chi connectivity index (χ3v) is 2.07. The van der Waals surface area contributed by atoms with Crippen LogP contribution in [0, 0.1) is 0 Å². The molecule has 0 aromatic heterocycles. The Morgan fingerprint density at radius 1 is 1.62 bits per heavy atom. The van der Waals surface area contributed by atoms with Crippen molar-refractivity contribution in [3.8, 4) is 0 Å². The summed E-state index contributed by atoms with van der Waals surface area (Å²) in [6.07, 6.45) is 2.11. The van der Waals surface area contributed by atoms with Crippen molar-refractivity contribution >= 4 is 6.03 Å². The standard InChI is InChI=1S/C10H18N2O/c1-8(2)11-10(13)12-6-4-5-9(3)7-12/h8H,3-7H2,1-2H3,(H,11,13). The number of nitrogens with zero attached hydrogens (tertiary/aromatic N) is 1. The highest BCUT2D eigenvalue weighted by Crippen LogP contribution is 2.13. The lowest BCUT2D eigenvalue weighted by Crippen LogP contribution is -2.45. The third kappa shape index (κ3) is 3.09. The number of urea groups is 1. The number of hydrogen-bond donors (Lipinski definition) is 1.